The van der Waals surface area contributed by atoms with E-state index in [1.54, 1.807) is 23.0 Å². The molecule has 146 valence electrons. The van der Waals surface area contributed by atoms with Crippen LogP contribution < -0.4 is 4.72 Å². The molecule has 0 saturated carbocycles. The number of carbonyl (C=O) groups excluding carboxylic acids is 1. The van der Waals surface area contributed by atoms with Crippen LogP contribution in [0.15, 0.2) is 29.3 Å². The summed E-state index contributed by atoms with van der Waals surface area (Å²) in [5, 5.41) is 4.76. The molecule has 1 atom stereocenters. The highest BCUT2D eigenvalue weighted by molar-refractivity contribution is 7.89. The maximum Gasteiger partial charge on any atom is 0.302 e. The fourth-order valence-electron chi connectivity index (χ4n) is 3.21. The Morgan fingerprint density at radius 2 is 2.22 bits per heavy atom. The van der Waals surface area contributed by atoms with Crippen molar-refractivity contribution in [3.05, 3.63) is 46.2 Å². The Bertz CT molecular complexity index is 956. The SMILES string of the molecule is CC(=O)OCCn1ncc2c1CCCC2NS(=O)(=O)c1ccc(C)c(Cl)c1. The van der Waals surface area contributed by atoms with Crippen LogP contribution in [0.1, 0.15) is 42.6 Å². The lowest BCUT2D eigenvalue weighted by Crippen LogP contribution is -2.31. The number of benzene rings is 1. The number of aromatic nitrogens is 2. The molecule has 1 aromatic carbocycles. The van der Waals surface area contributed by atoms with Crippen molar-refractivity contribution in [2.75, 3.05) is 6.61 Å². The molecule has 3 rings (SSSR count). The number of sulfonamides is 1. The van der Waals surface area contributed by atoms with E-state index in [1.807, 2.05) is 6.92 Å². The maximum atomic E-state index is 12.8. The minimum Gasteiger partial charge on any atom is -0.464 e. The molecule has 1 aliphatic carbocycles. The first-order valence-electron chi connectivity index (χ1n) is 8.74. The number of hydrogen-bond donors (Lipinski definition) is 1. The second kappa shape index (κ2) is 8.00. The summed E-state index contributed by atoms with van der Waals surface area (Å²) in [6.45, 7) is 3.87. The number of ether oxygens (including phenoxy) is 1. The molecule has 1 aromatic heterocycles. The quantitative estimate of drug-likeness (QED) is 0.738. The van der Waals surface area contributed by atoms with Gasteiger partial charge in [-0.05, 0) is 43.9 Å². The molecule has 0 fully saturated rings. The van der Waals surface area contributed by atoms with Crippen molar-refractivity contribution in [1.82, 2.24) is 14.5 Å². The summed E-state index contributed by atoms with van der Waals surface area (Å²) in [5.74, 6) is -0.335. The van der Waals surface area contributed by atoms with Crippen molar-refractivity contribution >= 4 is 27.6 Å². The van der Waals surface area contributed by atoms with Gasteiger partial charge in [0, 0.05) is 23.2 Å². The van der Waals surface area contributed by atoms with Crippen LogP contribution in [0.2, 0.25) is 5.02 Å². The van der Waals surface area contributed by atoms with Crippen molar-refractivity contribution in [3.63, 3.8) is 0 Å². The minimum absolute atomic E-state index is 0.146. The lowest BCUT2D eigenvalue weighted by molar-refractivity contribution is -0.141. The van der Waals surface area contributed by atoms with Crippen LogP contribution in [0, 0.1) is 6.92 Å². The lowest BCUT2D eigenvalue weighted by atomic mass is 9.94. The Morgan fingerprint density at radius 1 is 1.44 bits per heavy atom. The fourth-order valence-corrected chi connectivity index (χ4v) is 4.73. The lowest BCUT2D eigenvalue weighted by Gasteiger charge is -2.24. The van der Waals surface area contributed by atoms with Gasteiger partial charge in [-0.2, -0.15) is 5.10 Å². The van der Waals surface area contributed by atoms with Gasteiger partial charge in [-0.25, -0.2) is 13.1 Å². The van der Waals surface area contributed by atoms with Gasteiger partial charge in [0.1, 0.15) is 6.61 Å². The maximum absolute atomic E-state index is 12.8. The molecular formula is C18H22ClN3O4S. The van der Waals surface area contributed by atoms with Gasteiger partial charge < -0.3 is 4.74 Å². The Balaban J connectivity index is 1.78. The van der Waals surface area contributed by atoms with Crippen LogP contribution in [0.5, 0.6) is 0 Å². The van der Waals surface area contributed by atoms with E-state index in [2.05, 4.69) is 9.82 Å². The summed E-state index contributed by atoms with van der Waals surface area (Å²) < 4.78 is 35.1. The number of nitrogens with zero attached hydrogens (tertiary/aromatic N) is 2. The molecule has 27 heavy (non-hydrogen) atoms. The van der Waals surface area contributed by atoms with Gasteiger partial charge >= 0.3 is 5.97 Å². The van der Waals surface area contributed by atoms with E-state index in [4.69, 9.17) is 16.3 Å². The van der Waals surface area contributed by atoms with Crippen LogP contribution >= 0.6 is 11.6 Å². The molecule has 7 nitrogen and oxygen atoms in total. The molecule has 1 aliphatic rings. The number of nitrogens with one attached hydrogen (secondary N) is 1. The van der Waals surface area contributed by atoms with Crippen molar-refractivity contribution < 1.29 is 17.9 Å². The summed E-state index contributed by atoms with van der Waals surface area (Å²) in [6, 6.07) is 4.36. The Labute approximate surface area is 163 Å². The number of hydrogen-bond acceptors (Lipinski definition) is 5. The summed E-state index contributed by atoms with van der Waals surface area (Å²) in [6.07, 6.45) is 4.04. The van der Waals surface area contributed by atoms with Crippen molar-refractivity contribution in [2.24, 2.45) is 0 Å². The Hall–Kier alpha value is -1.90. The second-order valence-electron chi connectivity index (χ2n) is 6.59. The highest BCUT2D eigenvalue weighted by Crippen LogP contribution is 2.31. The van der Waals surface area contributed by atoms with E-state index in [0.717, 1.165) is 29.7 Å². The van der Waals surface area contributed by atoms with E-state index in [-0.39, 0.29) is 23.5 Å². The van der Waals surface area contributed by atoms with E-state index < -0.39 is 10.0 Å². The molecule has 9 heteroatoms. The first-order chi connectivity index (χ1) is 12.8. The smallest absolute Gasteiger partial charge is 0.302 e. The molecule has 0 aliphatic heterocycles. The van der Waals surface area contributed by atoms with Crippen LogP contribution in [0.25, 0.3) is 0 Å². The van der Waals surface area contributed by atoms with E-state index >= 15 is 0 Å². The minimum atomic E-state index is -3.70. The summed E-state index contributed by atoms with van der Waals surface area (Å²) >= 11 is 6.08. The third-order valence-electron chi connectivity index (χ3n) is 4.62. The summed E-state index contributed by atoms with van der Waals surface area (Å²) in [4.78, 5) is 11.1. The fraction of sp³-hybridized carbons (Fsp3) is 0.444. The molecule has 0 amide bonds. The molecule has 1 heterocycles. The second-order valence-corrected chi connectivity index (χ2v) is 8.71. The van der Waals surface area contributed by atoms with Crippen molar-refractivity contribution in [3.8, 4) is 0 Å². The van der Waals surface area contributed by atoms with Crippen LogP contribution in [0.3, 0.4) is 0 Å². The first kappa shape index (κ1) is 19.9. The van der Waals surface area contributed by atoms with Crippen molar-refractivity contribution in [2.45, 2.75) is 50.6 Å². The highest BCUT2D eigenvalue weighted by atomic mass is 35.5. The zero-order chi connectivity index (χ0) is 19.6. The predicted octanol–water partition coefficient (Wildman–Crippen LogP) is 2.76. The molecule has 0 bridgehead atoms. The number of halogens is 1. The van der Waals surface area contributed by atoms with Gasteiger partial charge in [0.25, 0.3) is 0 Å². The Kier molecular flexibility index (Phi) is 5.88. The molecule has 0 saturated heterocycles. The van der Waals surface area contributed by atoms with Crippen LogP contribution in [-0.4, -0.2) is 30.8 Å². The Morgan fingerprint density at radius 3 is 2.93 bits per heavy atom. The third-order valence-corrected chi connectivity index (χ3v) is 6.50. The molecule has 1 unspecified atom stereocenters. The van der Waals surface area contributed by atoms with Crippen molar-refractivity contribution in [1.29, 1.82) is 0 Å². The van der Waals surface area contributed by atoms with Gasteiger partial charge in [0.15, 0.2) is 0 Å². The van der Waals surface area contributed by atoms with E-state index in [9.17, 15) is 13.2 Å². The van der Waals surface area contributed by atoms with Crippen LogP contribution in [-0.2, 0) is 32.5 Å². The zero-order valence-electron chi connectivity index (χ0n) is 15.2. The molecule has 0 spiro atoms. The summed E-state index contributed by atoms with van der Waals surface area (Å²) in [5.41, 5.74) is 2.67. The van der Waals surface area contributed by atoms with Gasteiger partial charge in [-0.3, -0.25) is 9.48 Å². The molecule has 0 radical (unpaired) electrons. The predicted molar refractivity (Wildman–Crippen MR) is 101 cm³/mol. The normalized spacial score (nSPS) is 16.8. The largest absolute Gasteiger partial charge is 0.464 e. The third kappa shape index (κ3) is 4.51. The summed E-state index contributed by atoms with van der Waals surface area (Å²) in [7, 11) is -3.70. The average molecular weight is 412 g/mol. The van der Waals surface area contributed by atoms with Gasteiger partial charge in [-0.1, -0.05) is 17.7 Å². The average Bonchev–Trinajstić information content (AvgIpc) is 3.01. The molecule has 1 N–H and O–H groups in total. The van der Waals surface area contributed by atoms with Gasteiger partial charge in [0.05, 0.1) is 23.7 Å². The monoisotopic (exact) mass is 411 g/mol. The van der Waals surface area contributed by atoms with Crippen LogP contribution in [0.4, 0.5) is 0 Å². The highest BCUT2D eigenvalue weighted by Gasteiger charge is 2.28. The first-order valence-corrected chi connectivity index (χ1v) is 10.6. The van der Waals surface area contributed by atoms with E-state index in [1.165, 1.54) is 13.0 Å². The number of aryl methyl sites for hydroxylation is 1. The molecule has 2 aromatic rings. The number of fused-ring (bicyclic) bond motifs is 1. The number of esters is 1. The molecular weight excluding hydrogens is 390 g/mol. The van der Waals surface area contributed by atoms with Gasteiger partial charge in [-0.15, -0.1) is 0 Å². The van der Waals surface area contributed by atoms with E-state index in [0.29, 0.717) is 18.0 Å². The van der Waals surface area contributed by atoms with Gasteiger partial charge in [0.2, 0.25) is 10.0 Å². The number of carbonyl (C=O) groups is 1. The standard InChI is InChI=1S/C18H22ClN3O4S/c1-12-6-7-14(10-16(12)19)27(24,25)21-17-4-3-5-18-15(17)11-20-22(18)8-9-26-13(2)23/h6-7,10-11,17,21H,3-5,8-9H2,1-2H3. The topological polar surface area (TPSA) is 90.3 Å². The number of rotatable bonds is 6. The zero-order valence-corrected chi connectivity index (χ0v) is 16.8.